The Kier molecular flexibility index (Phi) is 5.80. The molecule has 0 aliphatic carbocycles. The Labute approximate surface area is 181 Å². The molecular weight excluding hydrogens is 388 g/mol. The number of hydrogen-bond donors (Lipinski definition) is 1. The van der Waals surface area contributed by atoms with Crippen LogP contribution in [0.1, 0.15) is 28.4 Å². The van der Waals surface area contributed by atoms with Crippen LogP contribution in [-0.2, 0) is 11.3 Å². The molecule has 4 rings (SSSR count). The van der Waals surface area contributed by atoms with Crippen molar-refractivity contribution in [2.24, 2.45) is 0 Å². The molecule has 0 saturated heterocycles. The number of amides is 1. The van der Waals surface area contributed by atoms with Gasteiger partial charge < -0.3 is 9.73 Å². The van der Waals surface area contributed by atoms with Crippen molar-refractivity contribution < 1.29 is 9.21 Å². The second-order valence-corrected chi connectivity index (χ2v) is 7.42. The Morgan fingerprint density at radius 2 is 1.81 bits per heavy atom. The molecule has 2 aromatic carbocycles. The molecule has 2 aromatic heterocycles. The van der Waals surface area contributed by atoms with Crippen LogP contribution in [0.3, 0.4) is 0 Å². The maximum absolute atomic E-state index is 12.2. The average Bonchev–Trinajstić information content (AvgIpc) is 3.29. The summed E-state index contributed by atoms with van der Waals surface area (Å²) >= 11 is 0. The molecule has 6 nitrogen and oxygen atoms in total. The normalized spacial score (nSPS) is 11.2. The Morgan fingerprint density at radius 3 is 2.48 bits per heavy atom. The van der Waals surface area contributed by atoms with Gasteiger partial charge in [-0.05, 0) is 62.7 Å². The number of nitrogens with one attached hydrogen (secondary N) is 1. The number of carbonyl (C=O) groups is 1. The second-order valence-electron chi connectivity index (χ2n) is 7.42. The molecule has 0 saturated carbocycles. The highest BCUT2D eigenvalue weighted by atomic mass is 16.4. The van der Waals surface area contributed by atoms with Gasteiger partial charge in [-0.25, -0.2) is 4.98 Å². The zero-order chi connectivity index (χ0) is 21.8. The molecule has 156 valence electrons. The van der Waals surface area contributed by atoms with Crippen molar-refractivity contribution >= 4 is 17.7 Å². The van der Waals surface area contributed by atoms with Gasteiger partial charge in [0.1, 0.15) is 11.5 Å². The summed E-state index contributed by atoms with van der Waals surface area (Å²) in [5.41, 5.74) is 5.45. The van der Waals surface area contributed by atoms with Crippen LogP contribution in [0.15, 0.2) is 71.2 Å². The van der Waals surface area contributed by atoms with Crippen LogP contribution in [0.4, 0.5) is 5.69 Å². The van der Waals surface area contributed by atoms with Crippen molar-refractivity contribution in [3.8, 4) is 11.5 Å². The van der Waals surface area contributed by atoms with E-state index in [0.29, 0.717) is 18.1 Å². The molecule has 2 heterocycles. The SMILES string of the molecule is Cc1cc(C)n(Cc2nc(-c3ccc(NC(=O)C=Cc4ccccc4)cc3)oc2C)n1. The number of hydrogen-bond acceptors (Lipinski definition) is 4. The van der Waals surface area contributed by atoms with Gasteiger partial charge in [0.15, 0.2) is 0 Å². The fourth-order valence-electron chi connectivity index (χ4n) is 3.29. The van der Waals surface area contributed by atoms with E-state index >= 15 is 0 Å². The molecule has 4 aromatic rings. The third-order valence-corrected chi connectivity index (χ3v) is 4.92. The van der Waals surface area contributed by atoms with Gasteiger partial charge in [0, 0.05) is 23.0 Å². The number of aromatic nitrogens is 3. The van der Waals surface area contributed by atoms with Gasteiger partial charge in [-0.1, -0.05) is 30.3 Å². The van der Waals surface area contributed by atoms with E-state index in [0.717, 1.165) is 34.0 Å². The molecule has 1 N–H and O–H groups in total. The summed E-state index contributed by atoms with van der Waals surface area (Å²) in [4.78, 5) is 16.8. The number of oxazole rings is 1. The molecule has 0 bridgehead atoms. The molecule has 0 radical (unpaired) electrons. The van der Waals surface area contributed by atoms with Crippen LogP contribution in [0.25, 0.3) is 17.5 Å². The Morgan fingerprint density at radius 1 is 1.06 bits per heavy atom. The topological polar surface area (TPSA) is 73.0 Å². The Balaban J connectivity index is 1.43. The number of benzene rings is 2. The van der Waals surface area contributed by atoms with E-state index < -0.39 is 0 Å². The summed E-state index contributed by atoms with van der Waals surface area (Å²) in [6.45, 7) is 6.48. The molecule has 0 spiro atoms. The summed E-state index contributed by atoms with van der Waals surface area (Å²) in [5, 5.41) is 7.35. The monoisotopic (exact) mass is 412 g/mol. The minimum Gasteiger partial charge on any atom is -0.441 e. The molecule has 0 unspecified atom stereocenters. The Hall–Kier alpha value is -3.93. The smallest absolute Gasteiger partial charge is 0.248 e. The number of carbonyl (C=O) groups excluding carboxylic acids is 1. The lowest BCUT2D eigenvalue weighted by molar-refractivity contribution is -0.111. The van der Waals surface area contributed by atoms with E-state index in [1.54, 1.807) is 6.08 Å². The number of rotatable bonds is 6. The molecule has 6 heteroatoms. The number of aryl methyl sites for hydroxylation is 3. The highest BCUT2D eigenvalue weighted by Gasteiger charge is 2.13. The number of nitrogens with zero attached hydrogens (tertiary/aromatic N) is 3. The highest BCUT2D eigenvalue weighted by molar-refractivity contribution is 6.02. The maximum atomic E-state index is 12.2. The second kappa shape index (κ2) is 8.83. The van der Waals surface area contributed by atoms with Gasteiger partial charge in [-0.3, -0.25) is 9.48 Å². The average molecular weight is 412 g/mol. The third kappa shape index (κ3) is 4.98. The number of anilines is 1. The summed E-state index contributed by atoms with van der Waals surface area (Å²) in [6, 6.07) is 19.2. The largest absolute Gasteiger partial charge is 0.441 e. The van der Waals surface area contributed by atoms with E-state index in [1.165, 1.54) is 6.08 Å². The highest BCUT2D eigenvalue weighted by Crippen LogP contribution is 2.24. The zero-order valence-corrected chi connectivity index (χ0v) is 17.8. The summed E-state index contributed by atoms with van der Waals surface area (Å²) in [5.74, 6) is 1.14. The molecule has 0 fully saturated rings. The lowest BCUT2D eigenvalue weighted by Crippen LogP contribution is -2.07. The van der Waals surface area contributed by atoms with Crippen LogP contribution in [0.2, 0.25) is 0 Å². The van der Waals surface area contributed by atoms with Crippen molar-refractivity contribution in [3.05, 3.63) is 95.1 Å². The molecule has 31 heavy (non-hydrogen) atoms. The van der Waals surface area contributed by atoms with Crippen molar-refractivity contribution in [2.45, 2.75) is 27.3 Å². The third-order valence-electron chi connectivity index (χ3n) is 4.92. The van der Waals surface area contributed by atoms with E-state index in [-0.39, 0.29) is 5.91 Å². The predicted octanol–water partition coefficient (Wildman–Crippen LogP) is 5.16. The van der Waals surface area contributed by atoms with E-state index in [2.05, 4.69) is 15.4 Å². The van der Waals surface area contributed by atoms with Crippen molar-refractivity contribution in [1.29, 1.82) is 0 Å². The first kappa shape index (κ1) is 20.3. The molecular formula is C25H24N4O2. The molecule has 0 aliphatic rings. The van der Waals surface area contributed by atoms with Crippen LogP contribution in [0.5, 0.6) is 0 Å². The summed E-state index contributed by atoms with van der Waals surface area (Å²) < 4.78 is 7.80. The van der Waals surface area contributed by atoms with Crippen LogP contribution < -0.4 is 5.32 Å². The first-order valence-corrected chi connectivity index (χ1v) is 10.1. The Bertz CT molecular complexity index is 1220. The van der Waals surface area contributed by atoms with Crippen molar-refractivity contribution in [3.63, 3.8) is 0 Å². The summed E-state index contributed by atoms with van der Waals surface area (Å²) in [7, 11) is 0. The van der Waals surface area contributed by atoms with Gasteiger partial charge in [0.25, 0.3) is 0 Å². The van der Waals surface area contributed by atoms with Gasteiger partial charge in [-0.15, -0.1) is 0 Å². The van der Waals surface area contributed by atoms with Crippen LogP contribution >= 0.6 is 0 Å². The molecule has 1 amide bonds. The summed E-state index contributed by atoms with van der Waals surface area (Å²) in [6.07, 6.45) is 3.30. The predicted molar refractivity (Wildman–Crippen MR) is 122 cm³/mol. The maximum Gasteiger partial charge on any atom is 0.248 e. The molecule has 0 aliphatic heterocycles. The van der Waals surface area contributed by atoms with E-state index in [4.69, 9.17) is 4.42 Å². The molecule has 0 atom stereocenters. The van der Waals surface area contributed by atoms with Gasteiger partial charge in [-0.2, -0.15) is 5.10 Å². The minimum absolute atomic E-state index is 0.184. The zero-order valence-electron chi connectivity index (χ0n) is 17.8. The lowest BCUT2D eigenvalue weighted by Gasteiger charge is -2.03. The fraction of sp³-hybridized carbons (Fsp3) is 0.160. The van der Waals surface area contributed by atoms with Crippen molar-refractivity contribution in [1.82, 2.24) is 14.8 Å². The van der Waals surface area contributed by atoms with Crippen LogP contribution in [0, 0.1) is 20.8 Å². The van der Waals surface area contributed by atoms with Gasteiger partial charge in [0.05, 0.1) is 12.2 Å². The lowest BCUT2D eigenvalue weighted by atomic mass is 10.2. The fourth-order valence-corrected chi connectivity index (χ4v) is 3.29. The minimum atomic E-state index is -0.184. The van der Waals surface area contributed by atoms with Crippen molar-refractivity contribution in [2.75, 3.05) is 5.32 Å². The van der Waals surface area contributed by atoms with E-state index in [1.807, 2.05) is 86.1 Å². The van der Waals surface area contributed by atoms with E-state index in [9.17, 15) is 4.79 Å². The van der Waals surface area contributed by atoms with Crippen LogP contribution in [-0.4, -0.2) is 20.7 Å². The standard InChI is InChI=1S/C25H24N4O2/c1-17-15-18(2)29(28-17)16-23-19(3)31-25(27-23)21-10-12-22(13-11-21)26-24(30)14-9-20-7-5-4-6-8-20/h4-15H,16H2,1-3H3,(H,26,30). The quantitative estimate of drug-likeness (QED) is 0.444. The first-order valence-electron chi connectivity index (χ1n) is 10.1. The van der Waals surface area contributed by atoms with Gasteiger partial charge >= 0.3 is 0 Å². The first-order chi connectivity index (χ1) is 15.0. The van der Waals surface area contributed by atoms with Gasteiger partial charge in [0.2, 0.25) is 11.8 Å².